The molecule has 1 aromatic rings. The summed E-state index contributed by atoms with van der Waals surface area (Å²) in [4.78, 5) is 23.5. The minimum atomic E-state index is -0.923. The number of hydrogen-bond acceptors (Lipinski definition) is 5. The Balaban J connectivity index is 2.02. The molecule has 0 aliphatic heterocycles. The lowest BCUT2D eigenvalue weighted by Crippen LogP contribution is -2.33. The van der Waals surface area contributed by atoms with Gasteiger partial charge in [-0.25, -0.2) is 0 Å². The lowest BCUT2D eigenvalue weighted by Gasteiger charge is -2.26. The van der Waals surface area contributed by atoms with Gasteiger partial charge in [-0.2, -0.15) is 0 Å². The van der Waals surface area contributed by atoms with E-state index in [2.05, 4.69) is 0 Å². The van der Waals surface area contributed by atoms with E-state index in [1.165, 1.54) is 7.11 Å². The molecule has 0 amide bonds. The smallest absolute Gasteiger partial charge is 0.310 e. The maximum atomic E-state index is 12.3. The summed E-state index contributed by atoms with van der Waals surface area (Å²) in [7, 11) is 3.09. The van der Waals surface area contributed by atoms with E-state index in [0.29, 0.717) is 29.9 Å². The standard InChI is InChI=1S/C17H22O6/c1-21-12-8-7-11(15(9-12)22-2)10-23-17(20)14-6-4-3-5-13(14)16(18)19/h7-9,13-14H,3-6,10H2,1-2H3,(H,18,19)/t13-,14+/m1/s1. The number of carboxylic acid groups (broad SMARTS) is 1. The molecule has 6 nitrogen and oxygen atoms in total. The molecule has 0 spiro atoms. The van der Waals surface area contributed by atoms with Crippen LogP contribution in [0.25, 0.3) is 0 Å². The maximum Gasteiger partial charge on any atom is 0.310 e. The van der Waals surface area contributed by atoms with Crippen LogP contribution in [-0.2, 0) is 20.9 Å². The highest BCUT2D eigenvalue weighted by molar-refractivity contribution is 5.81. The minimum Gasteiger partial charge on any atom is -0.497 e. The molecule has 2 rings (SSSR count). The van der Waals surface area contributed by atoms with Crippen LogP contribution >= 0.6 is 0 Å². The predicted octanol–water partition coefficient (Wildman–Crippen LogP) is 2.64. The first-order valence-corrected chi connectivity index (χ1v) is 7.67. The van der Waals surface area contributed by atoms with Crippen LogP contribution < -0.4 is 9.47 Å². The number of aliphatic carboxylic acids is 1. The SMILES string of the molecule is COc1ccc(COC(=O)[C@H]2CCCC[C@H]2C(=O)O)c(OC)c1. The third kappa shape index (κ3) is 4.15. The van der Waals surface area contributed by atoms with Gasteiger partial charge in [0.15, 0.2) is 0 Å². The van der Waals surface area contributed by atoms with E-state index in [4.69, 9.17) is 14.2 Å². The third-order valence-corrected chi connectivity index (χ3v) is 4.25. The normalized spacial score (nSPS) is 20.6. The summed E-state index contributed by atoms with van der Waals surface area (Å²) < 4.78 is 15.7. The van der Waals surface area contributed by atoms with Gasteiger partial charge in [0, 0.05) is 11.6 Å². The molecule has 2 atom stereocenters. The van der Waals surface area contributed by atoms with Crippen molar-refractivity contribution in [2.24, 2.45) is 11.8 Å². The van der Waals surface area contributed by atoms with Crippen LogP contribution in [0.15, 0.2) is 18.2 Å². The molecule has 1 fully saturated rings. The Kier molecular flexibility index (Phi) is 5.84. The minimum absolute atomic E-state index is 0.0504. The molecule has 6 heteroatoms. The molecule has 0 unspecified atom stereocenters. The van der Waals surface area contributed by atoms with Crippen molar-refractivity contribution in [3.8, 4) is 11.5 Å². The second kappa shape index (κ2) is 7.85. The van der Waals surface area contributed by atoms with E-state index >= 15 is 0 Å². The summed E-state index contributed by atoms with van der Waals surface area (Å²) in [5, 5.41) is 9.24. The molecule has 0 aromatic heterocycles. The Hall–Kier alpha value is -2.24. The zero-order valence-corrected chi connectivity index (χ0v) is 13.4. The van der Waals surface area contributed by atoms with Gasteiger partial charge in [0.2, 0.25) is 0 Å². The Morgan fingerprint density at radius 1 is 1.13 bits per heavy atom. The number of carbonyl (C=O) groups excluding carboxylic acids is 1. The number of carboxylic acids is 1. The molecule has 0 radical (unpaired) electrons. The summed E-state index contributed by atoms with van der Waals surface area (Å²) >= 11 is 0. The van der Waals surface area contributed by atoms with E-state index in [9.17, 15) is 14.7 Å². The molecule has 1 aliphatic rings. The average molecular weight is 322 g/mol. The van der Waals surface area contributed by atoms with Gasteiger partial charge in [-0.3, -0.25) is 9.59 Å². The quantitative estimate of drug-likeness (QED) is 0.811. The zero-order valence-electron chi connectivity index (χ0n) is 13.4. The van der Waals surface area contributed by atoms with Gasteiger partial charge in [0.1, 0.15) is 18.1 Å². The molecule has 0 saturated heterocycles. The monoisotopic (exact) mass is 322 g/mol. The second-order valence-electron chi connectivity index (χ2n) is 5.62. The number of esters is 1. The van der Waals surface area contributed by atoms with Crippen LogP contribution in [0.4, 0.5) is 0 Å². The van der Waals surface area contributed by atoms with E-state index in [1.807, 2.05) is 0 Å². The number of benzene rings is 1. The zero-order chi connectivity index (χ0) is 16.8. The molecule has 23 heavy (non-hydrogen) atoms. The van der Waals surface area contributed by atoms with E-state index in [1.54, 1.807) is 25.3 Å². The Bertz CT molecular complexity index is 568. The largest absolute Gasteiger partial charge is 0.497 e. The molecule has 0 bridgehead atoms. The van der Waals surface area contributed by atoms with Crippen molar-refractivity contribution in [2.45, 2.75) is 32.3 Å². The van der Waals surface area contributed by atoms with Crippen LogP contribution in [0.2, 0.25) is 0 Å². The predicted molar refractivity (Wildman–Crippen MR) is 82.4 cm³/mol. The van der Waals surface area contributed by atoms with Crippen LogP contribution in [-0.4, -0.2) is 31.3 Å². The maximum absolute atomic E-state index is 12.3. The third-order valence-electron chi connectivity index (χ3n) is 4.25. The van der Waals surface area contributed by atoms with Gasteiger partial charge in [0.05, 0.1) is 26.1 Å². The first-order chi connectivity index (χ1) is 11.1. The van der Waals surface area contributed by atoms with Crippen molar-refractivity contribution in [1.29, 1.82) is 0 Å². The number of methoxy groups -OCH3 is 2. The number of carbonyl (C=O) groups is 2. The first kappa shape index (κ1) is 17.1. The number of hydrogen-bond donors (Lipinski definition) is 1. The topological polar surface area (TPSA) is 82.1 Å². The Morgan fingerprint density at radius 3 is 2.43 bits per heavy atom. The first-order valence-electron chi connectivity index (χ1n) is 7.67. The van der Waals surface area contributed by atoms with Gasteiger partial charge in [-0.05, 0) is 25.0 Å². The average Bonchev–Trinajstić information content (AvgIpc) is 2.59. The Labute approximate surface area is 135 Å². The van der Waals surface area contributed by atoms with Gasteiger partial charge < -0.3 is 19.3 Å². The molecular formula is C17H22O6. The molecule has 1 aliphatic carbocycles. The molecular weight excluding hydrogens is 300 g/mol. The second-order valence-corrected chi connectivity index (χ2v) is 5.62. The van der Waals surface area contributed by atoms with Crippen LogP contribution in [0.5, 0.6) is 11.5 Å². The van der Waals surface area contributed by atoms with Crippen molar-refractivity contribution < 1.29 is 28.9 Å². The van der Waals surface area contributed by atoms with Gasteiger partial charge in [-0.15, -0.1) is 0 Å². The van der Waals surface area contributed by atoms with Crippen molar-refractivity contribution >= 4 is 11.9 Å². The van der Waals surface area contributed by atoms with E-state index < -0.39 is 23.8 Å². The van der Waals surface area contributed by atoms with Crippen LogP contribution in [0, 0.1) is 11.8 Å². The summed E-state index contributed by atoms with van der Waals surface area (Å²) in [5.74, 6) is -1.37. The fourth-order valence-electron chi connectivity index (χ4n) is 2.94. The number of ether oxygens (including phenoxy) is 3. The van der Waals surface area contributed by atoms with Crippen molar-refractivity contribution in [1.82, 2.24) is 0 Å². The fourth-order valence-corrected chi connectivity index (χ4v) is 2.94. The van der Waals surface area contributed by atoms with Gasteiger partial charge in [-0.1, -0.05) is 12.8 Å². The molecule has 1 saturated carbocycles. The molecule has 1 aromatic carbocycles. The highest BCUT2D eigenvalue weighted by atomic mass is 16.5. The number of rotatable bonds is 6. The highest BCUT2D eigenvalue weighted by Crippen LogP contribution is 2.32. The van der Waals surface area contributed by atoms with Gasteiger partial charge >= 0.3 is 11.9 Å². The van der Waals surface area contributed by atoms with Crippen LogP contribution in [0.3, 0.4) is 0 Å². The summed E-state index contributed by atoms with van der Waals surface area (Å²) in [5.41, 5.74) is 0.712. The summed E-state index contributed by atoms with van der Waals surface area (Å²) in [6, 6.07) is 5.23. The molecule has 0 heterocycles. The molecule has 1 N–H and O–H groups in total. The summed E-state index contributed by atoms with van der Waals surface area (Å²) in [6.45, 7) is 0.0504. The van der Waals surface area contributed by atoms with Crippen LogP contribution in [0.1, 0.15) is 31.2 Å². The van der Waals surface area contributed by atoms with Gasteiger partial charge in [0.25, 0.3) is 0 Å². The fraction of sp³-hybridized carbons (Fsp3) is 0.529. The lowest BCUT2D eigenvalue weighted by atomic mass is 9.79. The van der Waals surface area contributed by atoms with Crippen molar-refractivity contribution in [3.63, 3.8) is 0 Å². The lowest BCUT2D eigenvalue weighted by molar-refractivity contribution is -0.160. The van der Waals surface area contributed by atoms with E-state index in [-0.39, 0.29) is 6.61 Å². The molecule has 126 valence electrons. The van der Waals surface area contributed by atoms with Crippen molar-refractivity contribution in [2.75, 3.05) is 14.2 Å². The van der Waals surface area contributed by atoms with Crippen molar-refractivity contribution in [3.05, 3.63) is 23.8 Å². The highest BCUT2D eigenvalue weighted by Gasteiger charge is 2.36. The van der Waals surface area contributed by atoms with E-state index in [0.717, 1.165) is 12.8 Å². The summed E-state index contributed by atoms with van der Waals surface area (Å²) in [6.07, 6.45) is 2.79. The Morgan fingerprint density at radius 2 is 1.83 bits per heavy atom.